The van der Waals surface area contributed by atoms with Gasteiger partial charge in [-0.3, -0.25) is 0 Å². The molecule has 0 heterocycles. The number of nitrogens with one attached hydrogen (secondary N) is 1. The van der Waals surface area contributed by atoms with E-state index in [0.29, 0.717) is 0 Å². The van der Waals surface area contributed by atoms with E-state index in [4.69, 9.17) is 4.74 Å². The third-order valence-electron chi connectivity index (χ3n) is 2.41. The Kier molecular flexibility index (Phi) is 5.37. The maximum absolute atomic E-state index is 5.22. The van der Waals surface area contributed by atoms with Gasteiger partial charge in [-0.05, 0) is 37.7 Å². The molecule has 0 radical (unpaired) electrons. The molecule has 1 atom stereocenters. The van der Waals surface area contributed by atoms with Crippen LogP contribution >= 0.6 is 15.9 Å². The van der Waals surface area contributed by atoms with E-state index in [-0.39, 0.29) is 6.04 Å². The Morgan fingerprint density at radius 3 is 2.81 bits per heavy atom. The lowest BCUT2D eigenvalue weighted by molar-refractivity contribution is 0.413. The maximum Gasteiger partial charge on any atom is 0.119 e. The minimum Gasteiger partial charge on any atom is -0.497 e. The Labute approximate surface area is 106 Å². The highest BCUT2D eigenvalue weighted by molar-refractivity contribution is 9.10. The lowest BCUT2D eigenvalue weighted by Gasteiger charge is -2.16. The molecule has 0 aliphatic heterocycles. The van der Waals surface area contributed by atoms with Crippen LogP contribution in [0.4, 0.5) is 0 Å². The average Bonchev–Trinajstić information content (AvgIpc) is 2.32. The van der Waals surface area contributed by atoms with Crippen molar-refractivity contribution in [1.82, 2.24) is 5.32 Å². The second-order valence-corrected chi connectivity index (χ2v) is 4.21. The summed E-state index contributed by atoms with van der Waals surface area (Å²) >= 11 is 3.55. The van der Waals surface area contributed by atoms with Crippen molar-refractivity contribution in [3.8, 4) is 17.6 Å². The number of hydrogen-bond donors (Lipinski definition) is 1. The van der Waals surface area contributed by atoms with Gasteiger partial charge in [-0.15, -0.1) is 11.8 Å². The molecule has 0 saturated carbocycles. The Morgan fingerprint density at radius 1 is 1.50 bits per heavy atom. The second-order valence-electron chi connectivity index (χ2n) is 3.36. The van der Waals surface area contributed by atoms with Crippen molar-refractivity contribution in [3.05, 3.63) is 28.2 Å². The summed E-state index contributed by atoms with van der Waals surface area (Å²) in [6.07, 6.45) is 0.790. The van der Waals surface area contributed by atoms with Gasteiger partial charge in [-0.1, -0.05) is 15.9 Å². The third-order valence-corrected chi connectivity index (χ3v) is 3.13. The molecule has 0 bridgehead atoms. The molecular weight excluding hydrogens is 266 g/mol. The fourth-order valence-electron chi connectivity index (χ4n) is 1.49. The van der Waals surface area contributed by atoms with Gasteiger partial charge in [0.1, 0.15) is 5.75 Å². The van der Waals surface area contributed by atoms with Crippen LogP contribution in [0, 0.1) is 11.8 Å². The van der Waals surface area contributed by atoms with Gasteiger partial charge in [0.05, 0.1) is 7.11 Å². The Morgan fingerprint density at radius 2 is 2.25 bits per heavy atom. The summed E-state index contributed by atoms with van der Waals surface area (Å²) in [5, 5.41) is 3.26. The zero-order valence-electron chi connectivity index (χ0n) is 9.80. The van der Waals surface area contributed by atoms with Crippen LogP contribution in [0.25, 0.3) is 0 Å². The first-order valence-corrected chi connectivity index (χ1v) is 5.92. The van der Waals surface area contributed by atoms with Crippen LogP contribution in [-0.4, -0.2) is 14.2 Å². The number of ether oxygens (including phenoxy) is 1. The maximum atomic E-state index is 5.22. The highest BCUT2D eigenvalue weighted by atomic mass is 79.9. The average molecular weight is 282 g/mol. The molecule has 1 aromatic rings. The van der Waals surface area contributed by atoms with E-state index in [1.54, 1.807) is 7.11 Å². The zero-order chi connectivity index (χ0) is 12.0. The predicted octanol–water partition coefficient (Wildman–Crippen LogP) is 3.13. The van der Waals surface area contributed by atoms with Crippen molar-refractivity contribution in [2.24, 2.45) is 0 Å². The molecule has 0 amide bonds. The molecule has 3 heteroatoms. The van der Waals surface area contributed by atoms with Crippen LogP contribution in [0.1, 0.15) is 24.9 Å². The smallest absolute Gasteiger partial charge is 0.119 e. The van der Waals surface area contributed by atoms with Gasteiger partial charge in [-0.25, -0.2) is 0 Å². The lowest BCUT2D eigenvalue weighted by atomic mass is 10.0. The minimum atomic E-state index is 0.219. The van der Waals surface area contributed by atoms with Crippen molar-refractivity contribution in [3.63, 3.8) is 0 Å². The van der Waals surface area contributed by atoms with E-state index in [9.17, 15) is 0 Å². The standard InChI is InChI=1S/C13H16BrNO/c1-4-5-6-13(15-2)11-9-10(16-3)7-8-12(11)14/h7-9,13,15H,6H2,1-3H3. The third kappa shape index (κ3) is 3.26. The normalized spacial score (nSPS) is 11.5. The first-order valence-electron chi connectivity index (χ1n) is 5.13. The van der Waals surface area contributed by atoms with E-state index in [1.165, 1.54) is 5.56 Å². The van der Waals surface area contributed by atoms with E-state index >= 15 is 0 Å². The molecule has 0 saturated heterocycles. The van der Waals surface area contributed by atoms with Crippen molar-refractivity contribution < 1.29 is 4.74 Å². The van der Waals surface area contributed by atoms with E-state index < -0.39 is 0 Å². The number of rotatable bonds is 4. The Hall–Kier alpha value is -0.980. The monoisotopic (exact) mass is 281 g/mol. The SMILES string of the molecule is CC#CCC(NC)c1cc(OC)ccc1Br. The highest BCUT2D eigenvalue weighted by Gasteiger charge is 2.12. The van der Waals surface area contributed by atoms with Gasteiger partial charge in [-0.2, -0.15) is 0 Å². The summed E-state index contributed by atoms with van der Waals surface area (Å²) in [4.78, 5) is 0. The first kappa shape index (κ1) is 13.1. The van der Waals surface area contributed by atoms with E-state index in [0.717, 1.165) is 16.6 Å². The van der Waals surface area contributed by atoms with Gasteiger partial charge >= 0.3 is 0 Å². The summed E-state index contributed by atoms with van der Waals surface area (Å²) in [5.41, 5.74) is 1.17. The van der Waals surface area contributed by atoms with E-state index in [2.05, 4.69) is 33.1 Å². The summed E-state index contributed by atoms with van der Waals surface area (Å²) in [7, 11) is 3.61. The molecule has 1 N–H and O–H groups in total. The van der Waals surface area contributed by atoms with Gasteiger partial charge in [0.2, 0.25) is 0 Å². The topological polar surface area (TPSA) is 21.3 Å². The molecule has 0 spiro atoms. The summed E-state index contributed by atoms with van der Waals surface area (Å²) < 4.78 is 6.30. The predicted molar refractivity (Wildman–Crippen MR) is 70.6 cm³/mol. The summed E-state index contributed by atoms with van der Waals surface area (Å²) in [6.45, 7) is 1.85. The number of benzene rings is 1. The zero-order valence-corrected chi connectivity index (χ0v) is 11.4. The quantitative estimate of drug-likeness (QED) is 0.857. The molecule has 2 nitrogen and oxygen atoms in total. The molecule has 0 aliphatic carbocycles. The summed E-state index contributed by atoms with van der Waals surface area (Å²) in [5.74, 6) is 6.87. The fraction of sp³-hybridized carbons (Fsp3) is 0.385. The number of methoxy groups -OCH3 is 1. The molecule has 86 valence electrons. The molecule has 1 rings (SSSR count). The van der Waals surface area contributed by atoms with Crippen LogP contribution in [0.3, 0.4) is 0 Å². The van der Waals surface area contributed by atoms with Gasteiger partial charge in [0.15, 0.2) is 0 Å². The Bertz CT molecular complexity index is 406. The van der Waals surface area contributed by atoms with Crippen molar-refractivity contribution in [2.45, 2.75) is 19.4 Å². The minimum absolute atomic E-state index is 0.219. The molecule has 0 aromatic heterocycles. The van der Waals surface area contributed by atoms with Gasteiger partial charge in [0.25, 0.3) is 0 Å². The molecule has 1 aromatic carbocycles. The highest BCUT2D eigenvalue weighted by Crippen LogP contribution is 2.29. The number of hydrogen-bond acceptors (Lipinski definition) is 2. The first-order chi connectivity index (χ1) is 7.72. The molecule has 1 unspecified atom stereocenters. The molecule has 0 aliphatic rings. The van der Waals surface area contributed by atoms with Crippen LogP contribution in [-0.2, 0) is 0 Å². The molecule has 16 heavy (non-hydrogen) atoms. The fourth-order valence-corrected chi connectivity index (χ4v) is 2.01. The van der Waals surface area contributed by atoms with Gasteiger partial charge < -0.3 is 10.1 Å². The van der Waals surface area contributed by atoms with Crippen LogP contribution < -0.4 is 10.1 Å². The molecule has 0 fully saturated rings. The largest absolute Gasteiger partial charge is 0.497 e. The van der Waals surface area contributed by atoms with Gasteiger partial charge in [0, 0.05) is 16.9 Å². The van der Waals surface area contributed by atoms with Crippen molar-refractivity contribution in [2.75, 3.05) is 14.2 Å². The Balaban J connectivity index is 3.01. The van der Waals surface area contributed by atoms with Crippen LogP contribution in [0.2, 0.25) is 0 Å². The van der Waals surface area contributed by atoms with Crippen LogP contribution in [0.5, 0.6) is 5.75 Å². The second kappa shape index (κ2) is 6.57. The van der Waals surface area contributed by atoms with E-state index in [1.807, 2.05) is 32.2 Å². The molecular formula is C13H16BrNO. The lowest BCUT2D eigenvalue weighted by Crippen LogP contribution is -2.16. The summed E-state index contributed by atoms with van der Waals surface area (Å²) in [6, 6.07) is 6.18. The number of halogens is 1. The van der Waals surface area contributed by atoms with Crippen LogP contribution in [0.15, 0.2) is 22.7 Å². The van der Waals surface area contributed by atoms with Crippen molar-refractivity contribution in [1.29, 1.82) is 0 Å². The van der Waals surface area contributed by atoms with Crippen molar-refractivity contribution >= 4 is 15.9 Å².